The second-order valence-electron chi connectivity index (χ2n) is 4.82. The minimum atomic E-state index is -1.01. The van der Waals surface area contributed by atoms with Gasteiger partial charge in [0.25, 0.3) is 5.91 Å². The molecular formula is C17H15ClFNO3. The highest BCUT2D eigenvalue weighted by Gasteiger charge is 2.24. The first kappa shape index (κ1) is 17.0. The summed E-state index contributed by atoms with van der Waals surface area (Å²) in [6.45, 7) is 0. The van der Waals surface area contributed by atoms with Crippen molar-refractivity contribution >= 4 is 23.5 Å². The first-order valence-electron chi connectivity index (χ1n) is 6.89. The van der Waals surface area contributed by atoms with Crippen molar-refractivity contribution in [3.05, 3.63) is 70.5 Å². The topological polar surface area (TPSA) is 55.4 Å². The number of hydrogen-bond acceptors (Lipinski definition) is 3. The molecule has 0 bridgehead atoms. The molecule has 0 fully saturated rings. The number of ether oxygens (including phenoxy) is 1. The smallest absolute Gasteiger partial charge is 0.328 e. The van der Waals surface area contributed by atoms with Gasteiger partial charge in [-0.15, -0.1) is 0 Å². The summed E-state index contributed by atoms with van der Waals surface area (Å²) >= 11 is 5.96. The molecule has 23 heavy (non-hydrogen) atoms. The van der Waals surface area contributed by atoms with Crippen molar-refractivity contribution in [1.29, 1.82) is 0 Å². The van der Waals surface area contributed by atoms with Gasteiger partial charge in [-0.3, -0.25) is 4.79 Å². The number of nitrogens with one attached hydrogen (secondary N) is 1. The first-order valence-corrected chi connectivity index (χ1v) is 7.27. The van der Waals surface area contributed by atoms with E-state index in [-0.39, 0.29) is 17.0 Å². The Morgan fingerprint density at radius 2 is 1.83 bits per heavy atom. The number of carbonyl (C=O) groups excluding carboxylic acids is 2. The molecule has 0 aliphatic rings. The Balaban J connectivity index is 2.20. The van der Waals surface area contributed by atoms with Crippen LogP contribution < -0.4 is 5.32 Å². The third kappa shape index (κ3) is 4.29. The molecule has 0 saturated heterocycles. The fourth-order valence-corrected chi connectivity index (χ4v) is 2.32. The lowest BCUT2D eigenvalue weighted by atomic mass is 10.0. The van der Waals surface area contributed by atoms with Gasteiger partial charge >= 0.3 is 5.97 Å². The average Bonchev–Trinajstić information content (AvgIpc) is 2.55. The molecule has 0 aliphatic heterocycles. The first-order chi connectivity index (χ1) is 11.0. The molecule has 0 radical (unpaired) electrons. The quantitative estimate of drug-likeness (QED) is 0.855. The molecule has 1 N–H and O–H groups in total. The minimum Gasteiger partial charge on any atom is -0.467 e. The molecule has 0 unspecified atom stereocenters. The molecule has 0 aromatic heterocycles. The van der Waals surface area contributed by atoms with Gasteiger partial charge in [0.15, 0.2) is 0 Å². The molecule has 2 aromatic carbocycles. The summed E-state index contributed by atoms with van der Waals surface area (Å²) in [6.07, 6.45) is -0.0183. The third-order valence-electron chi connectivity index (χ3n) is 3.29. The average molecular weight is 336 g/mol. The number of methoxy groups -OCH3 is 1. The lowest BCUT2D eigenvalue weighted by Gasteiger charge is -2.17. The molecule has 6 heteroatoms. The summed E-state index contributed by atoms with van der Waals surface area (Å²) in [6, 6.07) is 11.5. The van der Waals surface area contributed by atoms with Crippen LogP contribution in [0.25, 0.3) is 0 Å². The van der Waals surface area contributed by atoms with E-state index in [1.165, 1.54) is 19.2 Å². The number of esters is 1. The highest BCUT2D eigenvalue weighted by molar-refractivity contribution is 6.33. The van der Waals surface area contributed by atoms with E-state index in [0.717, 1.165) is 0 Å². The van der Waals surface area contributed by atoms with Gasteiger partial charge in [0.2, 0.25) is 0 Å². The van der Waals surface area contributed by atoms with E-state index < -0.39 is 23.7 Å². The van der Waals surface area contributed by atoms with E-state index in [0.29, 0.717) is 5.56 Å². The summed E-state index contributed by atoms with van der Waals surface area (Å²) in [5, 5.41) is 2.80. The maximum Gasteiger partial charge on any atom is 0.328 e. The number of benzene rings is 2. The monoisotopic (exact) mass is 335 g/mol. The van der Waals surface area contributed by atoms with Gasteiger partial charge < -0.3 is 10.1 Å². The predicted molar refractivity (Wildman–Crippen MR) is 84.8 cm³/mol. The van der Waals surface area contributed by atoms with Crippen LogP contribution in [0, 0.1) is 5.82 Å². The Hall–Kier alpha value is -2.40. The van der Waals surface area contributed by atoms with Gasteiger partial charge in [-0.1, -0.05) is 41.9 Å². The van der Waals surface area contributed by atoms with Crippen molar-refractivity contribution in [3.63, 3.8) is 0 Å². The van der Waals surface area contributed by atoms with E-state index in [4.69, 9.17) is 11.6 Å². The molecule has 0 heterocycles. The fourth-order valence-electron chi connectivity index (χ4n) is 2.10. The fraction of sp³-hybridized carbons (Fsp3) is 0.176. The number of rotatable bonds is 5. The van der Waals surface area contributed by atoms with Crippen molar-refractivity contribution in [1.82, 2.24) is 5.32 Å². The highest BCUT2D eigenvalue weighted by Crippen LogP contribution is 2.16. The van der Waals surface area contributed by atoms with Crippen LogP contribution >= 0.6 is 11.6 Å². The predicted octanol–water partition coefficient (Wildman–Crippen LogP) is 2.99. The zero-order valence-electron chi connectivity index (χ0n) is 12.4. The lowest BCUT2D eigenvalue weighted by Crippen LogP contribution is -2.43. The third-order valence-corrected chi connectivity index (χ3v) is 3.62. The van der Waals surface area contributed by atoms with E-state index in [2.05, 4.69) is 10.1 Å². The lowest BCUT2D eigenvalue weighted by molar-refractivity contribution is -0.142. The standard InChI is InChI=1S/C17H15ClFNO3/c1-23-17(22)15(10-11-6-2-5-9-14(11)19)20-16(21)12-7-3-4-8-13(12)18/h2-9,15H,10H2,1H3,(H,20,21)/t15-/m0/s1. The summed E-state index contributed by atoms with van der Waals surface area (Å²) < 4.78 is 18.4. The number of amides is 1. The maximum atomic E-state index is 13.8. The minimum absolute atomic E-state index is 0.0183. The van der Waals surface area contributed by atoms with Crippen molar-refractivity contribution in [2.75, 3.05) is 7.11 Å². The zero-order valence-corrected chi connectivity index (χ0v) is 13.1. The normalized spacial score (nSPS) is 11.6. The largest absolute Gasteiger partial charge is 0.467 e. The highest BCUT2D eigenvalue weighted by atomic mass is 35.5. The number of carbonyl (C=O) groups is 2. The van der Waals surface area contributed by atoms with E-state index in [9.17, 15) is 14.0 Å². The molecular weight excluding hydrogens is 321 g/mol. The van der Waals surface area contributed by atoms with Crippen LogP contribution in [0.2, 0.25) is 5.02 Å². The van der Waals surface area contributed by atoms with Crippen molar-refractivity contribution < 1.29 is 18.7 Å². The molecule has 1 amide bonds. The zero-order chi connectivity index (χ0) is 16.8. The Bertz CT molecular complexity index is 720. The van der Waals surface area contributed by atoms with Gasteiger partial charge in [0.1, 0.15) is 11.9 Å². The summed E-state index contributed by atoms with van der Waals surface area (Å²) in [4.78, 5) is 24.2. The van der Waals surface area contributed by atoms with E-state index >= 15 is 0 Å². The second-order valence-corrected chi connectivity index (χ2v) is 5.23. The van der Waals surface area contributed by atoms with Crippen LogP contribution in [0.15, 0.2) is 48.5 Å². The molecule has 2 rings (SSSR count). The molecule has 0 saturated carbocycles. The van der Waals surface area contributed by atoms with Crippen LogP contribution in [-0.2, 0) is 16.0 Å². The molecule has 120 valence electrons. The summed E-state index contributed by atoms with van der Waals surface area (Å²) in [7, 11) is 1.21. The number of hydrogen-bond donors (Lipinski definition) is 1. The van der Waals surface area contributed by atoms with Crippen molar-refractivity contribution in [2.24, 2.45) is 0 Å². The van der Waals surface area contributed by atoms with Crippen LogP contribution in [0.1, 0.15) is 15.9 Å². The van der Waals surface area contributed by atoms with Crippen LogP contribution in [0.3, 0.4) is 0 Å². The Kier molecular flexibility index (Phi) is 5.71. The Labute approximate surface area is 138 Å². The Morgan fingerprint density at radius 3 is 2.48 bits per heavy atom. The van der Waals surface area contributed by atoms with Gasteiger partial charge in [-0.25, -0.2) is 9.18 Å². The molecule has 0 aliphatic carbocycles. The summed E-state index contributed by atoms with van der Waals surface area (Å²) in [5.41, 5.74) is 0.541. The van der Waals surface area contributed by atoms with Crippen LogP contribution in [-0.4, -0.2) is 25.0 Å². The maximum absolute atomic E-state index is 13.8. The number of halogens is 2. The van der Waals surface area contributed by atoms with Crippen molar-refractivity contribution in [2.45, 2.75) is 12.5 Å². The van der Waals surface area contributed by atoms with Gasteiger partial charge in [-0.2, -0.15) is 0 Å². The summed E-state index contributed by atoms with van der Waals surface area (Å²) in [5.74, 6) is -1.63. The van der Waals surface area contributed by atoms with Gasteiger partial charge in [-0.05, 0) is 23.8 Å². The van der Waals surface area contributed by atoms with E-state index in [1.807, 2.05) is 0 Å². The molecule has 4 nitrogen and oxygen atoms in total. The molecule has 2 aromatic rings. The van der Waals surface area contributed by atoms with Crippen molar-refractivity contribution in [3.8, 4) is 0 Å². The van der Waals surface area contributed by atoms with Gasteiger partial charge in [0, 0.05) is 6.42 Å². The van der Waals surface area contributed by atoms with Crippen LogP contribution in [0.4, 0.5) is 4.39 Å². The molecule has 0 spiro atoms. The van der Waals surface area contributed by atoms with Crippen LogP contribution in [0.5, 0.6) is 0 Å². The van der Waals surface area contributed by atoms with Gasteiger partial charge in [0.05, 0.1) is 17.7 Å². The molecule has 1 atom stereocenters. The second kappa shape index (κ2) is 7.74. The Morgan fingerprint density at radius 1 is 1.17 bits per heavy atom. The van der Waals surface area contributed by atoms with E-state index in [1.54, 1.807) is 36.4 Å². The SMILES string of the molecule is COC(=O)[C@H](Cc1ccccc1F)NC(=O)c1ccccc1Cl.